The molecule has 384 valence electrons. The van der Waals surface area contributed by atoms with Crippen molar-refractivity contribution in [2.75, 3.05) is 31.0 Å². The van der Waals surface area contributed by atoms with Crippen molar-refractivity contribution in [1.82, 2.24) is 9.38 Å². The third kappa shape index (κ3) is 15.0. The van der Waals surface area contributed by atoms with Gasteiger partial charge in [-0.15, -0.1) is 20.5 Å². The fraction of sp³-hybridized carbons (Fsp3) is 0.250. The van der Waals surface area contributed by atoms with Crippen LogP contribution in [0.1, 0.15) is 39.9 Å². The molecule has 6 rings (SSSR count). The first-order valence-electron chi connectivity index (χ1n) is 20.2. The van der Waals surface area contributed by atoms with Gasteiger partial charge in [-0.05, 0) is 80.6 Å². The molecule has 6 aromatic rings. The van der Waals surface area contributed by atoms with Crippen molar-refractivity contribution < 1.29 is 76.2 Å². The van der Waals surface area contributed by atoms with Crippen LogP contribution in [-0.4, -0.2) is 108 Å². The number of hydrogen-bond acceptors (Lipinski definition) is 21. The number of nitrogens with zero attached hydrogens (tertiary/aromatic N) is 9. The summed E-state index contributed by atoms with van der Waals surface area (Å²) in [6.07, 6.45) is 0.379. The van der Waals surface area contributed by atoms with Gasteiger partial charge < -0.3 is 20.3 Å². The lowest BCUT2D eigenvalue weighted by molar-refractivity contribution is -0.385. The molecule has 0 unspecified atom stereocenters. The average molecular weight is 1080 g/mol. The molecule has 0 radical (unpaired) electrons. The van der Waals surface area contributed by atoms with Gasteiger partial charge >= 0.3 is 0 Å². The van der Waals surface area contributed by atoms with E-state index in [1.807, 2.05) is 0 Å². The first kappa shape index (κ1) is 55.5. The normalized spacial score (nSPS) is 12.5. The Hall–Kier alpha value is -7.46. The number of nitro benzene ring substituents is 1. The van der Waals surface area contributed by atoms with E-state index in [2.05, 4.69) is 35.7 Å². The Balaban J connectivity index is 0.00000183. The number of azo groups is 3. The lowest BCUT2D eigenvalue weighted by atomic mass is 10.1. The number of primary amides is 1. The number of fused-ring (bicyclic) bond motifs is 3. The topological polar surface area (TPSA) is 434 Å². The monoisotopic (exact) mass is 1080 g/mol. The standard InChI is InChI=1S/C39H38N10O15S3.CH4O3S/c1-21-16-29(32(63-12-6-14-65(54,55)56)19-27(21)43-42-26-11-10-24(49(52)53)18-34(26)67(60,61)62)45-44-28-20-33(64-13-7-15-66(57,58)59)30(17-22(28)2)46-47-36-23(3)35(37(40)50)38-41-25-8-4-5-9-31(25)48(38)39(36)51;1-5(2,3)4/h4-5,8-11,16-20,51H,6-7,12-15H2,1-3H3,(H2,40,50)(H,54,55,56)(H,57,58,59)(H,60,61,62);1H3,(H,2,3,4). The molecule has 0 bridgehead atoms. The van der Waals surface area contributed by atoms with Crippen molar-refractivity contribution in [2.45, 2.75) is 38.5 Å². The molecule has 0 saturated carbocycles. The third-order valence-corrected chi connectivity index (χ3v) is 12.1. The van der Waals surface area contributed by atoms with Gasteiger partial charge in [0.2, 0.25) is 5.88 Å². The van der Waals surface area contributed by atoms with Gasteiger partial charge in [0.15, 0.2) is 5.65 Å². The van der Waals surface area contributed by atoms with E-state index in [0.29, 0.717) is 34.5 Å². The van der Waals surface area contributed by atoms with Crippen LogP contribution in [-0.2, 0) is 40.5 Å². The lowest BCUT2D eigenvalue weighted by Crippen LogP contribution is -2.15. The SMILES string of the molecule is CS(=O)(=O)O.Cc1cc(N=Nc2c(C)c(C(N)=O)c3nc4ccccc4n3c2O)c(OCCCS(=O)(=O)O)cc1N=Nc1cc(C)c(N=Nc2ccc([N+](=O)[O-])cc2S(=O)(=O)O)cc1OCCCS(=O)(=O)O. The van der Waals surface area contributed by atoms with Crippen molar-refractivity contribution in [3.8, 4) is 17.4 Å². The van der Waals surface area contributed by atoms with E-state index < -0.39 is 85.0 Å². The molecule has 32 heteroatoms. The molecule has 0 aliphatic rings. The molecule has 72 heavy (non-hydrogen) atoms. The van der Waals surface area contributed by atoms with Crippen LogP contribution in [0.4, 0.5) is 39.8 Å². The molecule has 0 fully saturated rings. The first-order chi connectivity index (χ1) is 33.4. The summed E-state index contributed by atoms with van der Waals surface area (Å²) in [7, 11) is -17.4. The number of aromatic hydroxyl groups is 1. The lowest BCUT2D eigenvalue weighted by Gasteiger charge is -2.13. The Morgan fingerprint density at radius 1 is 0.708 bits per heavy atom. The van der Waals surface area contributed by atoms with Crippen LogP contribution in [0.25, 0.3) is 16.7 Å². The zero-order valence-corrected chi connectivity index (χ0v) is 41.1. The second-order valence-corrected chi connectivity index (χ2v) is 21.2. The van der Waals surface area contributed by atoms with Gasteiger partial charge in [-0.2, -0.15) is 43.9 Å². The highest BCUT2D eigenvalue weighted by Crippen LogP contribution is 2.43. The second-order valence-electron chi connectivity index (χ2n) is 15.2. The molecule has 0 aliphatic heterocycles. The van der Waals surface area contributed by atoms with E-state index in [4.69, 9.17) is 19.8 Å². The predicted octanol–water partition coefficient (Wildman–Crippen LogP) is 7.44. The number of aromatic nitrogens is 2. The smallest absolute Gasteiger partial charge is 0.297 e. The zero-order chi connectivity index (χ0) is 53.5. The summed E-state index contributed by atoms with van der Waals surface area (Å²) in [5, 5.41) is 47.9. The highest BCUT2D eigenvalue weighted by molar-refractivity contribution is 7.86. The van der Waals surface area contributed by atoms with Crippen molar-refractivity contribution in [2.24, 2.45) is 36.4 Å². The van der Waals surface area contributed by atoms with Crippen LogP contribution >= 0.6 is 0 Å². The number of ether oxygens (including phenoxy) is 2. The van der Waals surface area contributed by atoms with E-state index in [9.17, 15) is 67.3 Å². The number of benzene rings is 4. The summed E-state index contributed by atoms with van der Waals surface area (Å²) in [5.41, 5.74) is 6.67. The van der Waals surface area contributed by atoms with Gasteiger partial charge in [0, 0.05) is 24.3 Å². The minimum absolute atomic E-state index is 0.0239. The quantitative estimate of drug-likeness (QED) is 0.0151. The number of amides is 1. The van der Waals surface area contributed by atoms with Crippen molar-refractivity contribution in [1.29, 1.82) is 0 Å². The maximum absolute atomic E-state index is 12.7. The van der Waals surface area contributed by atoms with Crippen LogP contribution in [0.15, 0.2) is 102 Å². The number of carbonyl (C=O) groups is 1. The molecule has 7 N–H and O–H groups in total. The maximum atomic E-state index is 12.7. The largest absolute Gasteiger partial charge is 0.493 e. The molecule has 0 saturated heterocycles. The highest BCUT2D eigenvalue weighted by Gasteiger charge is 2.25. The summed E-state index contributed by atoms with van der Waals surface area (Å²) < 4.78 is 137. The van der Waals surface area contributed by atoms with Crippen LogP contribution in [0.5, 0.6) is 17.4 Å². The summed E-state index contributed by atoms with van der Waals surface area (Å²) in [6, 6.07) is 14.9. The average Bonchev–Trinajstić information content (AvgIpc) is 3.64. The number of non-ortho nitro benzene ring substituents is 1. The van der Waals surface area contributed by atoms with E-state index in [0.717, 1.165) is 12.1 Å². The fourth-order valence-corrected chi connectivity index (χ4v) is 7.99. The number of nitro groups is 1. The number of rotatable bonds is 19. The summed E-state index contributed by atoms with van der Waals surface area (Å²) >= 11 is 0. The molecular weight excluding hydrogens is 1040 g/mol. The minimum Gasteiger partial charge on any atom is -0.493 e. The van der Waals surface area contributed by atoms with E-state index >= 15 is 0 Å². The zero-order valence-electron chi connectivity index (χ0n) is 37.9. The van der Waals surface area contributed by atoms with Gasteiger partial charge in [-0.25, -0.2) is 4.98 Å². The third-order valence-electron chi connectivity index (χ3n) is 9.57. The van der Waals surface area contributed by atoms with Gasteiger partial charge in [-0.3, -0.25) is 37.5 Å². The van der Waals surface area contributed by atoms with Gasteiger partial charge in [0.25, 0.3) is 52.1 Å². The van der Waals surface area contributed by atoms with Crippen LogP contribution < -0.4 is 15.2 Å². The predicted molar refractivity (Wildman–Crippen MR) is 256 cm³/mol. The van der Waals surface area contributed by atoms with Crippen molar-refractivity contribution in [3.63, 3.8) is 0 Å². The number of pyridine rings is 1. The van der Waals surface area contributed by atoms with E-state index in [1.165, 1.54) is 35.6 Å². The van der Waals surface area contributed by atoms with Crippen molar-refractivity contribution in [3.05, 3.63) is 99.1 Å². The number of para-hydroxylation sites is 2. The number of aryl methyl sites for hydroxylation is 2. The highest BCUT2D eigenvalue weighted by atomic mass is 32.2. The number of carbonyl (C=O) groups excluding carboxylic acids is 1. The molecule has 2 heterocycles. The van der Waals surface area contributed by atoms with E-state index in [-0.39, 0.29) is 82.8 Å². The first-order valence-corrected chi connectivity index (χ1v) is 26.7. The van der Waals surface area contributed by atoms with Crippen LogP contribution in [0.3, 0.4) is 0 Å². The Kier molecular flexibility index (Phi) is 17.2. The maximum Gasteiger partial charge on any atom is 0.297 e. The molecule has 0 spiro atoms. The van der Waals surface area contributed by atoms with E-state index in [1.54, 1.807) is 38.1 Å². The van der Waals surface area contributed by atoms with Gasteiger partial charge in [0.1, 0.15) is 39.1 Å². The minimum atomic E-state index is -5.00. The van der Waals surface area contributed by atoms with Crippen molar-refractivity contribution >= 4 is 103 Å². The number of hydrogen-bond donors (Lipinski definition) is 6. The molecule has 4 aromatic carbocycles. The Morgan fingerprint density at radius 3 is 1.65 bits per heavy atom. The van der Waals surface area contributed by atoms with Gasteiger partial charge in [-0.1, -0.05) is 12.1 Å². The summed E-state index contributed by atoms with van der Waals surface area (Å²) in [5.74, 6) is -2.64. The molecule has 2 aromatic heterocycles. The Morgan fingerprint density at radius 2 is 1.18 bits per heavy atom. The van der Waals surface area contributed by atoms with Crippen LogP contribution in [0, 0.1) is 30.9 Å². The molecular formula is C40H42N10O18S4. The number of imidazole rings is 1. The molecule has 1 amide bonds. The molecule has 0 aliphatic carbocycles. The molecule has 0 atom stereocenters. The Labute approximate surface area is 409 Å². The second kappa shape index (κ2) is 22.3. The molecule has 28 nitrogen and oxygen atoms in total. The summed E-state index contributed by atoms with van der Waals surface area (Å²) in [4.78, 5) is 26.6. The Bertz CT molecular complexity index is 3670. The van der Waals surface area contributed by atoms with Gasteiger partial charge in [0.05, 0.1) is 63.9 Å². The summed E-state index contributed by atoms with van der Waals surface area (Å²) in [6.45, 7) is 4.13. The fourth-order valence-electron chi connectivity index (χ4n) is 6.38. The number of nitrogens with two attached hydrogens (primary N) is 1. The van der Waals surface area contributed by atoms with Crippen LogP contribution in [0.2, 0.25) is 0 Å².